The van der Waals surface area contributed by atoms with Gasteiger partial charge in [-0.15, -0.1) is 0 Å². The number of rotatable bonds is 6. The summed E-state index contributed by atoms with van der Waals surface area (Å²) in [5, 5.41) is 1.14. The van der Waals surface area contributed by atoms with Gasteiger partial charge in [0.2, 0.25) is 0 Å². The average molecular weight is 446 g/mol. The van der Waals surface area contributed by atoms with E-state index in [1.54, 1.807) is 79.7 Å². The zero-order chi connectivity index (χ0) is 21.7. The van der Waals surface area contributed by atoms with Gasteiger partial charge in [-0.1, -0.05) is 35.3 Å². The lowest BCUT2D eigenvalue weighted by Gasteiger charge is -2.30. The summed E-state index contributed by atoms with van der Waals surface area (Å²) in [6.07, 6.45) is 3.34. The zero-order valence-electron chi connectivity index (χ0n) is 16.6. The van der Waals surface area contributed by atoms with Crippen LogP contribution < -0.4 is 4.90 Å². The maximum Gasteiger partial charge on any atom is 0.336 e. The van der Waals surface area contributed by atoms with Crippen molar-refractivity contribution in [2.75, 3.05) is 18.1 Å². The molecule has 0 amide bonds. The fraction of sp³-hybridized carbons (Fsp3) is 0.217. The summed E-state index contributed by atoms with van der Waals surface area (Å²) in [6.45, 7) is 3.89. The van der Waals surface area contributed by atoms with E-state index in [9.17, 15) is 9.59 Å². The molecule has 5 nitrogen and oxygen atoms in total. The number of nitrogens with zero attached hydrogens (tertiary/aromatic N) is 1. The summed E-state index contributed by atoms with van der Waals surface area (Å²) < 4.78 is 10.6. The van der Waals surface area contributed by atoms with Crippen molar-refractivity contribution >= 4 is 40.8 Å². The Morgan fingerprint density at radius 3 is 1.67 bits per heavy atom. The Bertz CT molecular complexity index is 945. The lowest BCUT2D eigenvalue weighted by Crippen LogP contribution is -2.29. The molecule has 1 heterocycles. The molecule has 0 radical (unpaired) electrons. The molecule has 2 aromatic carbocycles. The van der Waals surface area contributed by atoms with Crippen molar-refractivity contribution in [2.24, 2.45) is 0 Å². The molecule has 0 saturated heterocycles. The van der Waals surface area contributed by atoms with E-state index in [4.69, 9.17) is 32.7 Å². The van der Waals surface area contributed by atoms with Crippen LogP contribution in [0.15, 0.2) is 72.1 Å². The third-order valence-electron chi connectivity index (χ3n) is 4.53. The minimum Gasteiger partial charge on any atom is -0.463 e. The monoisotopic (exact) mass is 445 g/mol. The minimum atomic E-state index is -0.649. The maximum atomic E-state index is 12.9. The van der Waals surface area contributed by atoms with Crippen molar-refractivity contribution in [2.45, 2.75) is 19.8 Å². The number of anilines is 1. The van der Waals surface area contributed by atoms with Crippen LogP contribution in [0.1, 0.15) is 25.3 Å². The largest absolute Gasteiger partial charge is 0.463 e. The average Bonchev–Trinajstić information content (AvgIpc) is 2.74. The second-order valence-electron chi connectivity index (χ2n) is 6.48. The molecule has 0 saturated carbocycles. The molecule has 0 aromatic heterocycles. The molecule has 30 heavy (non-hydrogen) atoms. The molecule has 0 N–H and O–H groups in total. The van der Waals surface area contributed by atoms with Crippen LogP contribution in [-0.2, 0) is 19.1 Å². The third-order valence-corrected chi connectivity index (χ3v) is 5.03. The van der Waals surface area contributed by atoms with Crippen molar-refractivity contribution in [3.05, 3.63) is 87.7 Å². The molecule has 0 aliphatic carbocycles. The molecule has 0 fully saturated rings. The van der Waals surface area contributed by atoms with E-state index >= 15 is 0 Å². The van der Waals surface area contributed by atoms with Gasteiger partial charge in [0.1, 0.15) is 0 Å². The van der Waals surface area contributed by atoms with Crippen molar-refractivity contribution < 1.29 is 19.1 Å². The summed E-state index contributed by atoms with van der Waals surface area (Å²) in [5.74, 6) is -1.67. The lowest BCUT2D eigenvalue weighted by molar-refractivity contribution is -0.139. The van der Waals surface area contributed by atoms with E-state index in [-0.39, 0.29) is 13.2 Å². The van der Waals surface area contributed by atoms with E-state index in [0.29, 0.717) is 21.2 Å². The molecular weight excluding hydrogens is 425 g/mol. The number of carbonyl (C=O) groups excluding carboxylic acids is 2. The van der Waals surface area contributed by atoms with Crippen molar-refractivity contribution in [1.29, 1.82) is 0 Å². The molecule has 0 atom stereocenters. The van der Waals surface area contributed by atoms with Gasteiger partial charge in [0.25, 0.3) is 0 Å². The Hall–Kier alpha value is -2.76. The van der Waals surface area contributed by atoms with E-state index in [1.807, 2.05) is 0 Å². The van der Waals surface area contributed by atoms with Gasteiger partial charge < -0.3 is 14.4 Å². The standard InChI is InChI=1S/C23H21Cl2NO4/c1-3-29-22(27)19-13-26(18-11-9-17(25)10-12-18)14-20(23(28)30-4-2)21(19)15-5-7-16(24)8-6-15/h5-14,21H,3-4H2,1-2H3. The van der Waals surface area contributed by atoms with Crippen LogP contribution in [0, 0.1) is 0 Å². The molecule has 156 valence electrons. The second-order valence-corrected chi connectivity index (χ2v) is 7.35. The van der Waals surface area contributed by atoms with Crippen LogP contribution in [0.25, 0.3) is 0 Å². The van der Waals surface area contributed by atoms with E-state index in [1.165, 1.54) is 0 Å². The smallest absolute Gasteiger partial charge is 0.336 e. The second kappa shape index (κ2) is 9.83. The summed E-state index contributed by atoms with van der Waals surface area (Å²) in [6, 6.07) is 14.1. The Balaban J connectivity index is 2.15. The fourth-order valence-electron chi connectivity index (χ4n) is 3.20. The number of halogens is 2. The molecule has 3 rings (SSSR count). The summed E-state index contributed by atoms with van der Waals surface area (Å²) >= 11 is 12.0. The van der Waals surface area contributed by atoms with Gasteiger partial charge in [-0.2, -0.15) is 0 Å². The van der Waals surface area contributed by atoms with Crippen LogP contribution in [-0.4, -0.2) is 25.2 Å². The highest BCUT2D eigenvalue weighted by Gasteiger charge is 2.35. The predicted octanol–water partition coefficient (Wildman–Crippen LogP) is 5.49. The highest BCUT2D eigenvalue weighted by Crippen LogP contribution is 2.39. The number of esters is 2. The SMILES string of the molecule is CCOC(=O)C1=CN(c2ccc(Cl)cc2)C=C(C(=O)OCC)C1c1ccc(Cl)cc1. The molecule has 7 heteroatoms. The highest BCUT2D eigenvalue weighted by molar-refractivity contribution is 6.30. The first-order chi connectivity index (χ1) is 14.4. The van der Waals surface area contributed by atoms with Gasteiger partial charge in [-0.25, -0.2) is 9.59 Å². The van der Waals surface area contributed by atoms with E-state index in [2.05, 4.69) is 0 Å². The zero-order valence-corrected chi connectivity index (χ0v) is 18.1. The van der Waals surface area contributed by atoms with Gasteiger partial charge in [0.05, 0.1) is 30.3 Å². The van der Waals surface area contributed by atoms with Crippen LogP contribution >= 0.6 is 23.2 Å². The first kappa shape index (κ1) is 21.9. The Kier molecular flexibility index (Phi) is 7.19. The van der Waals surface area contributed by atoms with Gasteiger partial charge in [-0.05, 0) is 55.8 Å². The van der Waals surface area contributed by atoms with Crippen LogP contribution in [0.5, 0.6) is 0 Å². The highest BCUT2D eigenvalue weighted by atomic mass is 35.5. The topological polar surface area (TPSA) is 55.8 Å². The van der Waals surface area contributed by atoms with Crippen molar-refractivity contribution in [3.8, 4) is 0 Å². The number of benzene rings is 2. The maximum absolute atomic E-state index is 12.9. The van der Waals surface area contributed by atoms with E-state index < -0.39 is 17.9 Å². The molecular formula is C23H21Cl2NO4. The van der Waals surface area contributed by atoms with Crippen LogP contribution in [0.3, 0.4) is 0 Å². The van der Waals surface area contributed by atoms with Gasteiger partial charge in [-0.3, -0.25) is 0 Å². The van der Waals surface area contributed by atoms with Crippen LogP contribution in [0.2, 0.25) is 10.0 Å². The van der Waals surface area contributed by atoms with E-state index in [0.717, 1.165) is 11.3 Å². The Morgan fingerprint density at radius 2 is 1.23 bits per heavy atom. The van der Waals surface area contributed by atoms with Crippen molar-refractivity contribution in [3.63, 3.8) is 0 Å². The molecule has 0 spiro atoms. The molecule has 2 aromatic rings. The predicted molar refractivity (Wildman–Crippen MR) is 118 cm³/mol. The first-order valence-electron chi connectivity index (χ1n) is 9.51. The van der Waals surface area contributed by atoms with Crippen molar-refractivity contribution in [1.82, 2.24) is 0 Å². The fourth-order valence-corrected chi connectivity index (χ4v) is 3.45. The number of ether oxygens (including phenoxy) is 2. The molecule has 0 bridgehead atoms. The quantitative estimate of drug-likeness (QED) is 0.550. The molecule has 0 unspecified atom stereocenters. The summed E-state index contributed by atoms with van der Waals surface area (Å²) in [4.78, 5) is 27.4. The first-order valence-corrected chi connectivity index (χ1v) is 10.3. The molecule has 1 aliphatic rings. The van der Waals surface area contributed by atoms with Gasteiger partial charge in [0, 0.05) is 28.1 Å². The van der Waals surface area contributed by atoms with Gasteiger partial charge in [0.15, 0.2) is 0 Å². The van der Waals surface area contributed by atoms with Gasteiger partial charge >= 0.3 is 11.9 Å². The Labute approximate surface area is 185 Å². The third kappa shape index (κ3) is 4.86. The number of hydrogen-bond donors (Lipinski definition) is 0. The minimum absolute atomic E-state index is 0.211. The summed E-state index contributed by atoms with van der Waals surface area (Å²) in [7, 11) is 0. The van der Waals surface area contributed by atoms with Crippen LogP contribution in [0.4, 0.5) is 5.69 Å². The normalized spacial score (nSPS) is 14.1. The summed E-state index contributed by atoms with van der Waals surface area (Å²) in [5.41, 5.74) is 2.10. The Morgan fingerprint density at radius 1 is 0.800 bits per heavy atom. The lowest BCUT2D eigenvalue weighted by atomic mass is 9.83. The number of hydrogen-bond acceptors (Lipinski definition) is 5. The molecule has 1 aliphatic heterocycles. The number of carbonyl (C=O) groups is 2.